The Morgan fingerprint density at radius 1 is 1.41 bits per heavy atom. The van der Waals surface area contributed by atoms with E-state index >= 15 is 0 Å². The lowest BCUT2D eigenvalue weighted by atomic mass is 9.93. The summed E-state index contributed by atoms with van der Waals surface area (Å²) in [4.78, 5) is 25.4. The molecule has 2 rings (SSSR count). The van der Waals surface area contributed by atoms with Crippen molar-refractivity contribution in [3.8, 4) is 5.75 Å². The zero-order valence-corrected chi connectivity index (χ0v) is 13.5. The van der Waals surface area contributed by atoms with Crippen LogP contribution in [0.3, 0.4) is 0 Å². The van der Waals surface area contributed by atoms with E-state index < -0.39 is 11.9 Å². The van der Waals surface area contributed by atoms with Gasteiger partial charge in [0, 0.05) is 23.2 Å². The number of aliphatic carboxylic acids is 1. The van der Waals surface area contributed by atoms with E-state index in [0.717, 1.165) is 0 Å². The molecule has 0 saturated carbocycles. The summed E-state index contributed by atoms with van der Waals surface area (Å²) >= 11 is 6.16. The highest BCUT2D eigenvalue weighted by atomic mass is 35.5. The maximum absolute atomic E-state index is 12.6. The molecule has 120 valence electrons. The van der Waals surface area contributed by atoms with E-state index in [1.807, 2.05) is 6.92 Å². The highest BCUT2D eigenvalue weighted by molar-refractivity contribution is 6.31. The van der Waals surface area contributed by atoms with Crippen LogP contribution in [0.2, 0.25) is 5.02 Å². The smallest absolute Gasteiger partial charge is 0.308 e. The van der Waals surface area contributed by atoms with Crippen LogP contribution in [-0.4, -0.2) is 41.6 Å². The zero-order chi connectivity index (χ0) is 16.3. The van der Waals surface area contributed by atoms with E-state index in [9.17, 15) is 9.59 Å². The number of nitrogens with zero attached hydrogens (tertiary/aromatic N) is 1. The molecule has 6 heteroatoms. The van der Waals surface area contributed by atoms with E-state index in [2.05, 4.69) is 0 Å². The molecule has 1 aromatic rings. The minimum atomic E-state index is -0.847. The molecule has 2 unspecified atom stereocenters. The van der Waals surface area contributed by atoms with Gasteiger partial charge in [-0.1, -0.05) is 17.7 Å². The van der Waals surface area contributed by atoms with Gasteiger partial charge in [0.1, 0.15) is 5.75 Å². The van der Waals surface area contributed by atoms with Crippen molar-refractivity contribution < 1.29 is 19.4 Å². The lowest BCUT2D eigenvalue weighted by Crippen LogP contribution is -2.48. The first-order chi connectivity index (χ1) is 10.4. The molecule has 0 bridgehead atoms. The first kappa shape index (κ1) is 16.6. The average Bonchev–Trinajstić information content (AvgIpc) is 2.49. The molecule has 1 N–H and O–H groups in total. The number of amides is 1. The molecular formula is C16H20ClNO4. The molecule has 1 heterocycles. The molecule has 1 aliphatic heterocycles. The minimum Gasteiger partial charge on any atom is -0.496 e. The Labute approximate surface area is 134 Å². The van der Waals surface area contributed by atoms with Gasteiger partial charge in [0.25, 0.3) is 0 Å². The molecule has 22 heavy (non-hydrogen) atoms. The first-order valence-electron chi connectivity index (χ1n) is 7.27. The molecule has 0 aliphatic carbocycles. The summed E-state index contributed by atoms with van der Waals surface area (Å²) in [6.45, 7) is 2.20. The lowest BCUT2D eigenvalue weighted by Gasteiger charge is -2.36. The average molecular weight is 326 g/mol. The second-order valence-electron chi connectivity index (χ2n) is 5.61. The van der Waals surface area contributed by atoms with Crippen molar-refractivity contribution in [1.82, 2.24) is 4.90 Å². The molecule has 1 aromatic carbocycles. The minimum absolute atomic E-state index is 0.0385. The number of ether oxygens (including phenoxy) is 1. The van der Waals surface area contributed by atoms with Crippen LogP contribution >= 0.6 is 11.6 Å². The second-order valence-corrected chi connectivity index (χ2v) is 6.01. The Morgan fingerprint density at radius 3 is 2.77 bits per heavy atom. The predicted molar refractivity (Wildman–Crippen MR) is 83.2 cm³/mol. The highest BCUT2D eigenvalue weighted by Gasteiger charge is 2.32. The fraction of sp³-hybridized carbons (Fsp3) is 0.500. The Balaban J connectivity index is 2.16. The van der Waals surface area contributed by atoms with Crippen LogP contribution in [0.5, 0.6) is 5.75 Å². The van der Waals surface area contributed by atoms with E-state index in [0.29, 0.717) is 29.2 Å². The third-order valence-corrected chi connectivity index (χ3v) is 4.53. The maximum atomic E-state index is 12.6. The van der Waals surface area contributed by atoms with Crippen LogP contribution in [0.15, 0.2) is 18.2 Å². The van der Waals surface area contributed by atoms with Crippen LogP contribution in [0.1, 0.15) is 25.3 Å². The summed E-state index contributed by atoms with van der Waals surface area (Å²) in [6, 6.07) is 5.27. The molecule has 1 amide bonds. The number of benzene rings is 1. The number of hydrogen-bond donors (Lipinski definition) is 1. The van der Waals surface area contributed by atoms with Gasteiger partial charge in [-0.3, -0.25) is 9.59 Å². The molecule has 0 aromatic heterocycles. The van der Waals surface area contributed by atoms with Gasteiger partial charge in [-0.15, -0.1) is 0 Å². The van der Waals surface area contributed by atoms with Crippen LogP contribution in [0.25, 0.3) is 0 Å². The Hall–Kier alpha value is -1.75. The number of halogens is 1. The van der Waals surface area contributed by atoms with Crippen molar-refractivity contribution in [3.63, 3.8) is 0 Å². The molecule has 1 saturated heterocycles. The van der Waals surface area contributed by atoms with Crippen LogP contribution in [-0.2, 0) is 16.0 Å². The summed E-state index contributed by atoms with van der Waals surface area (Å²) < 4.78 is 5.25. The molecule has 2 atom stereocenters. The molecule has 5 nitrogen and oxygen atoms in total. The van der Waals surface area contributed by atoms with Crippen LogP contribution in [0.4, 0.5) is 0 Å². The molecule has 0 radical (unpaired) electrons. The largest absolute Gasteiger partial charge is 0.496 e. The van der Waals surface area contributed by atoms with Crippen molar-refractivity contribution in [2.45, 2.75) is 32.2 Å². The summed E-state index contributed by atoms with van der Waals surface area (Å²) in [6.07, 6.45) is 1.41. The lowest BCUT2D eigenvalue weighted by molar-refractivity contribution is -0.147. The number of carboxylic acids is 1. The molecule has 1 fully saturated rings. The van der Waals surface area contributed by atoms with Crippen molar-refractivity contribution in [3.05, 3.63) is 28.8 Å². The molecule has 0 spiro atoms. The van der Waals surface area contributed by atoms with Crippen molar-refractivity contribution in [2.24, 2.45) is 5.92 Å². The number of piperidine rings is 1. The SMILES string of the molecule is COc1cccc(Cl)c1CC(=O)N1CC(C(=O)O)CCC1C. The normalized spacial score (nSPS) is 21.5. The highest BCUT2D eigenvalue weighted by Crippen LogP contribution is 2.29. The predicted octanol–water partition coefficient (Wildman–Crippen LogP) is 2.60. The van der Waals surface area contributed by atoms with Gasteiger partial charge < -0.3 is 14.7 Å². The quantitative estimate of drug-likeness (QED) is 0.924. The summed E-state index contributed by atoms with van der Waals surface area (Å²) in [7, 11) is 1.53. The fourth-order valence-corrected chi connectivity index (χ4v) is 3.04. The standard InChI is InChI=1S/C16H20ClNO4/c1-10-6-7-11(16(20)21)9-18(10)15(19)8-12-13(17)4-3-5-14(12)22-2/h3-5,10-11H,6-9H2,1-2H3,(H,20,21). The van der Waals surface area contributed by atoms with Crippen LogP contribution < -0.4 is 4.74 Å². The second kappa shape index (κ2) is 7.01. The number of hydrogen-bond acceptors (Lipinski definition) is 3. The van der Waals surface area contributed by atoms with Gasteiger partial charge in [-0.05, 0) is 31.9 Å². The molecule has 1 aliphatic rings. The van der Waals surface area contributed by atoms with Gasteiger partial charge in [0.2, 0.25) is 5.91 Å². The van der Waals surface area contributed by atoms with Crippen molar-refractivity contribution in [2.75, 3.05) is 13.7 Å². The van der Waals surface area contributed by atoms with E-state index in [1.54, 1.807) is 23.1 Å². The van der Waals surface area contributed by atoms with Crippen LogP contribution in [0, 0.1) is 5.92 Å². The number of carbonyl (C=O) groups is 2. The van der Waals surface area contributed by atoms with Gasteiger partial charge in [0.05, 0.1) is 19.4 Å². The van der Waals surface area contributed by atoms with Crippen molar-refractivity contribution >= 4 is 23.5 Å². The third-order valence-electron chi connectivity index (χ3n) is 4.18. The zero-order valence-electron chi connectivity index (χ0n) is 12.7. The maximum Gasteiger partial charge on any atom is 0.308 e. The van der Waals surface area contributed by atoms with Gasteiger partial charge in [-0.2, -0.15) is 0 Å². The number of carboxylic acid groups (broad SMARTS) is 1. The first-order valence-corrected chi connectivity index (χ1v) is 7.65. The summed E-state index contributed by atoms with van der Waals surface area (Å²) in [5, 5.41) is 9.64. The van der Waals surface area contributed by atoms with Gasteiger partial charge in [-0.25, -0.2) is 0 Å². The molecular weight excluding hydrogens is 306 g/mol. The van der Waals surface area contributed by atoms with Gasteiger partial charge >= 0.3 is 5.97 Å². The Morgan fingerprint density at radius 2 is 2.14 bits per heavy atom. The fourth-order valence-electron chi connectivity index (χ4n) is 2.81. The van der Waals surface area contributed by atoms with E-state index in [-0.39, 0.29) is 24.9 Å². The third kappa shape index (κ3) is 3.53. The van der Waals surface area contributed by atoms with E-state index in [4.69, 9.17) is 21.4 Å². The number of likely N-dealkylation sites (tertiary alicyclic amines) is 1. The number of rotatable bonds is 4. The Kier molecular flexibility index (Phi) is 5.29. The monoisotopic (exact) mass is 325 g/mol. The summed E-state index contributed by atoms with van der Waals surface area (Å²) in [5.41, 5.74) is 0.640. The van der Waals surface area contributed by atoms with Gasteiger partial charge in [0.15, 0.2) is 0 Å². The number of carbonyl (C=O) groups excluding carboxylic acids is 1. The van der Waals surface area contributed by atoms with E-state index in [1.165, 1.54) is 7.11 Å². The topological polar surface area (TPSA) is 66.8 Å². The number of methoxy groups -OCH3 is 1. The van der Waals surface area contributed by atoms with Crippen molar-refractivity contribution in [1.29, 1.82) is 0 Å². The Bertz CT molecular complexity index is 575. The summed E-state index contributed by atoms with van der Waals surface area (Å²) in [5.74, 6) is -0.890.